The molecule has 0 aliphatic carbocycles. The van der Waals surface area contributed by atoms with Crippen LogP contribution in [0.4, 0.5) is 0 Å². The van der Waals surface area contributed by atoms with Crippen molar-refractivity contribution in [1.82, 2.24) is 5.32 Å². The number of hydrogen-bond acceptors (Lipinski definition) is 6. The van der Waals surface area contributed by atoms with Gasteiger partial charge in [-0.25, -0.2) is 0 Å². The summed E-state index contributed by atoms with van der Waals surface area (Å²) >= 11 is 0. The lowest BCUT2D eigenvalue weighted by atomic mass is 10.1. The summed E-state index contributed by atoms with van der Waals surface area (Å²) in [6, 6.07) is 0. The van der Waals surface area contributed by atoms with Crippen LogP contribution in [0.1, 0.15) is 54.4 Å². The first-order valence-corrected chi connectivity index (χ1v) is 9.91. The molecule has 0 aliphatic heterocycles. The zero-order valence-electron chi connectivity index (χ0n) is 18.0. The van der Waals surface area contributed by atoms with Crippen molar-refractivity contribution in [3.8, 4) is 0 Å². The van der Waals surface area contributed by atoms with Gasteiger partial charge in [0.1, 0.15) is 0 Å². The fourth-order valence-corrected chi connectivity index (χ4v) is 1.96. The second kappa shape index (κ2) is 15.8. The van der Waals surface area contributed by atoms with Crippen LogP contribution in [0.3, 0.4) is 0 Å². The third-order valence-corrected chi connectivity index (χ3v) is 3.24. The van der Waals surface area contributed by atoms with E-state index in [-0.39, 0.29) is 11.1 Å². The average Bonchev–Trinajstić information content (AvgIpc) is 2.51. The van der Waals surface area contributed by atoms with Crippen LogP contribution in [0.2, 0.25) is 0 Å². The van der Waals surface area contributed by atoms with Crippen molar-refractivity contribution in [3.63, 3.8) is 0 Å². The molecule has 0 bridgehead atoms. The summed E-state index contributed by atoms with van der Waals surface area (Å²) in [6.07, 6.45) is 2.01. The Morgan fingerprint density at radius 1 is 0.538 bits per heavy atom. The standard InChI is InChI=1S/C20H43NO5/c1-19(2,3)21-9-12-24-15-13-22-10-7-8-11-23-14-16-25-17-18-26-20(4,5)6/h21H,7-18H2,1-6H3. The lowest BCUT2D eigenvalue weighted by molar-refractivity contribution is -0.0427. The topological polar surface area (TPSA) is 58.2 Å². The number of rotatable bonds is 17. The molecule has 0 aromatic heterocycles. The van der Waals surface area contributed by atoms with Gasteiger partial charge in [-0.15, -0.1) is 0 Å². The molecule has 0 saturated carbocycles. The van der Waals surface area contributed by atoms with E-state index in [4.69, 9.17) is 23.7 Å². The highest BCUT2D eigenvalue weighted by Gasteiger charge is 2.09. The molecule has 0 heterocycles. The van der Waals surface area contributed by atoms with E-state index in [0.29, 0.717) is 39.6 Å². The smallest absolute Gasteiger partial charge is 0.0707 e. The minimum absolute atomic E-state index is 0.0997. The maximum Gasteiger partial charge on any atom is 0.0707 e. The molecule has 0 rings (SSSR count). The van der Waals surface area contributed by atoms with Crippen LogP contribution < -0.4 is 5.32 Å². The molecule has 0 amide bonds. The van der Waals surface area contributed by atoms with Gasteiger partial charge in [0.05, 0.1) is 51.8 Å². The third kappa shape index (κ3) is 23.8. The van der Waals surface area contributed by atoms with Crippen LogP contribution in [-0.4, -0.2) is 77.1 Å². The van der Waals surface area contributed by atoms with Crippen LogP contribution in [0.5, 0.6) is 0 Å². The molecule has 158 valence electrons. The number of hydrogen-bond donors (Lipinski definition) is 1. The maximum absolute atomic E-state index is 5.57. The van der Waals surface area contributed by atoms with Crippen LogP contribution in [0, 0.1) is 0 Å². The molecule has 0 atom stereocenters. The van der Waals surface area contributed by atoms with Crippen molar-refractivity contribution < 1.29 is 23.7 Å². The fraction of sp³-hybridized carbons (Fsp3) is 1.00. The largest absolute Gasteiger partial charge is 0.379 e. The van der Waals surface area contributed by atoms with Gasteiger partial charge in [0, 0.05) is 25.3 Å². The quantitative estimate of drug-likeness (QED) is 0.393. The molecule has 1 N–H and O–H groups in total. The van der Waals surface area contributed by atoms with Gasteiger partial charge >= 0.3 is 0 Å². The third-order valence-electron chi connectivity index (χ3n) is 3.24. The molecule has 0 aromatic carbocycles. The van der Waals surface area contributed by atoms with E-state index in [1.807, 2.05) is 20.8 Å². The summed E-state index contributed by atoms with van der Waals surface area (Å²) in [6.45, 7) is 19.5. The minimum atomic E-state index is -0.0997. The van der Waals surface area contributed by atoms with Crippen LogP contribution in [0.15, 0.2) is 0 Å². The van der Waals surface area contributed by atoms with E-state index in [1.165, 1.54) is 0 Å². The Balaban J connectivity index is 3.07. The number of nitrogens with one attached hydrogen (secondary N) is 1. The highest BCUT2D eigenvalue weighted by molar-refractivity contribution is 4.69. The average molecular weight is 378 g/mol. The van der Waals surface area contributed by atoms with Gasteiger partial charge in [-0.2, -0.15) is 0 Å². The molecule has 26 heavy (non-hydrogen) atoms. The highest BCUT2D eigenvalue weighted by Crippen LogP contribution is 2.05. The van der Waals surface area contributed by atoms with Gasteiger partial charge in [-0.1, -0.05) is 0 Å². The minimum Gasteiger partial charge on any atom is -0.379 e. The molecule has 0 fully saturated rings. The monoisotopic (exact) mass is 377 g/mol. The first kappa shape index (κ1) is 25.8. The van der Waals surface area contributed by atoms with E-state index in [0.717, 1.165) is 39.2 Å². The summed E-state index contributed by atoms with van der Waals surface area (Å²) in [5.41, 5.74) is 0.0479. The second-order valence-electron chi connectivity index (χ2n) is 8.29. The predicted molar refractivity (Wildman–Crippen MR) is 106 cm³/mol. The lowest BCUT2D eigenvalue weighted by Crippen LogP contribution is -2.38. The van der Waals surface area contributed by atoms with Crippen molar-refractivity contribution >= 4 is 0 Å². The summed E-state index contributed by atoms with van der Waals surface area (Å²) in [5.74, 6) is 0. The number of ether oxygens (including phenoxy) is 5. The summed E-state index contributed by atoms with van der Waals surface area (Å²) in [7, 11) is 0. The predicted octanol–water partition coefficient (Wildman–Crippen LogP) is 3.04. The Bertz CT molecular complexity index is 270. The summed E-state index contributed by atoms with van der Waals surface area (Å²) < 4.78 is 27.6. The first-order valence-electron chi connectivity index (χ1n) is 9.91. The maximum atomic E-state index is 5.57. The van der Waals surface area contributed by atoms with Crippen molar-refractivity contribution in [2.45, 2.75) is 65.5 Å². The van der Waals surface area contributed by atoms with Gasteiger partial charge < -0.3 is 29.0 Å². The van der Waals surface area contributed by atoms with Crippen LogP contribution in [-0.2, 0) is 23.7 Å². The number of unbranched alkanes of at least 4 members (excludes halogenated alkanes) is 1. The normalized spacial score (nSPS) is 12.7. The molecule has 0 aromatic rings. The van der Waals surface area contributed by atoms with E-state index >= 15 is 0 Å². The lowest BCUT2D eigenvalue weighted by Gasteiger charge is -2.20. The van der Waals surface area contributed by atoms with Gasteiger partial charge in [0.25, 0.3) is 0 Å². The molecule has 6 heteroatoms. The first-order chi connectivity index (χ1) is 12.2. The van der Waals surface area contributed by atoms with Crippen molar-refractivity contribution in [1.29, 1.82) is 0 Å². The Hall–Kier alpha value is -0.240. The van der Waals surface area contributed by atoms with Gasteiger partial charge in [0.15, 0.2) is 0 Å². The van der Waals surface area contributed by atoms with Gasteiger partial charge in [-0.3, -0.25) is 0 Å². The zero-order chi connectivity index (χ0) is 19.7. The summed E-state index contributed by atoms with van der Waals surface area (Å²) in [5, 5.41) is 3.38. The molecule has 0 saturated heterocycles. The molecular formula is C20H43NO5. The molecule has 0 aliphatic rings. The fourth-order valence-electron chi connectivity index (χ4n) is 1.96. The van der Waals surface area contributed by atoms with Crippen LogP contribution in [0.25, 0.3) is 0 Å². The van der Waals surface area contributed by atoms with Crippen molar-refractivity contribution in [2.75, 3.05) is 66.0 Å². The van der Waals surface area contributed by atoms with Crippen LogP contribution >= 0.6 is 0 Å². The van der Waals surface area contributed by atoms with Gasteiger partial charge in [0.2, 0.25) is 0 Å². The van der Waals surface area contributed by atoms with E-state index < -0.39 is 0 Å². The molecule has 0 spiro atoms. The zero-order valence-corrected chi connectivity index (χ0v) is 18.0. The Morgan fingerprint density at radius 3 is 1.42 bits per heavy atom. The highest BCUT2D eigenvalue weighted by atomic mass is 16.5. The van der Waals surface area contributed by atoms with Gasteiger partial charge in [-0.05, 0) is 54.4 Å². The molecular weight excluding hydrogens is 334 g/mol. The molecule has 0 radical (unpaired) electrons. The Morgan fingerprint density at radius 2 is 0.962 bits per heavy atom. The SMILES string of the molecule is CC(C)(C)NCCOCCOCCCCOCCOCCOC(C)(C)C. The molecule has 6 nitrogen and oxygen atoms in total. The van der Waals surface area contributed by atoms with E-state index in [2.05, 4.69) is 26.1 Å². The van der Waals surface area contributed by atoms with E-state index in [9.17, 15) is 0 Å². The Labute approximate surface area is 161 Å². The van der Waals surface area contributed by atoms with Crippen molar-refractivity contribution in [3.05, 3.63) is 0 Å². The Kier molecular flexibility index (Phi) is 15.6. The second-order valence-corrected chi connectivity index (χ2v) is 8.29. The van der Waals surface area contributed by atoms with E-state index in [1.54, 1.807) is 0 Å². The molecule has 0 unspecified atom stereocenters. The van der Waals surface area contributed by atoms with Crippen molar-refractivity contribution in [2.24, 2.45) is 0 Å². The summed E-state index contributed by atoms with van der Waals surface area (Å²) in [4.78, 5) is 0.